The summed E-state index contributed by atoms with van der Waals surface area (Å²) in [6.07, 6.45) is 2.29. The molecule has 2 aromatic heterocycles. The van der Waals surface area contributed by atoms with Crippen molar-refractivity contribution in [2.24, 2.45) is 5.10 Å². The van der Waals surface area contributed by atoms with Crippen molar-refractivity contribution in [2.75, 3.05) is 0 Å². The van der Waals surface area contributed by atoms with Crippen molar-refractivity contribution < 1.29 is 4.42 Å². The molecule has 8 heteroatoms. The summed E-state index contributed by atoms with van der Waals surface area (Å²) in [6.45, 7) is 1.98. The first-order valence-electron chi connectivity index (χ1n) is 6.84. The van der Waals surface area contributed by atoms with E-state index in [9.17, 15) is 0 Å². The van der Waals surface area contributed by atoms with Crippen LogP contribution >= 0.6 is 35.4 Å². The highest BCUT2D eigenvalue weighted by Crippen LogP contribution is 2.31. The molecular formula is C15H12Cl2N4OS. The Labute approximate surface area is 147 Å². The number of rotatable bonds is 4. The highest BCUT2D eigenvalue weighted by molar-refractivity contribution is 7.71. The maximum absolute atomic E-state index is 6.18. The van der Waals surface area contributed by atoms with Crippen molar-refractivity contribution in [1.29, 1.82) is 0 Å². The number of nitrogens with zero attached hydrogens (tertiary/aromatic N) is 3. The summed E-state index contributed by atoms with van der Waals surface area (Å²) in [5.74, 6) is 1.93. The molecule has 118 valence electrons. The molecule has 0 amide bonds. The molecule has 3 rings (SSSR count). The Morgan fingerprint density at radius 1 is 1.35 bits per heavy atom. The van der Waals surface area contributed by atoms with Crippen LogP contribution in [0.15, 0.2) is 39.9 Å². The first-order valence-corrected chi connectivity index (χ1v) is 8.01. The third-order valence-electron chi connectivity index (χ3n) is 3.15. The van der Waals surface area contributed by atoms with E-state index in [1.807, 2.05) is 13.0 Å². The Morgan fingerprint density at radius 3 is 2.96 bits per heavy atom. The van der Waals surface area contributed by atoms with Crippen molar-refractivity contribution >= 4 is 41.6 Å². The van der Waals surface area contributed by atoms with E-state index in [2.05, 4.69) is 15.3 Å². The van der Waals surface area contributed by atoms with Gasteiger partial charge in [0, 0.05) is 17.0 Å². The average molecular weight is 367 g/mol. The largest absolute Gasteiger partial charge is 0.455 e. The van der Waals surface area contributed by atoms with Crippen LogP contribution in [-0.2, 0) is 6.42 Å². The van der Waals surface area contributed by atoms with E-state index in [0.717, 1.165) is 11.4 Å². The van der Waals surface area contributed by atoms with Crippen molar-refractivity contribution in [3.05, 3.63) is 56.7 Å². The molecule has 1 N–H and O–H groups in total. The molecule has 0 fully saturated rings. The van der Waals surface area contributed by atoms with Crippen molar-refractivity contribution in [3.8, 4) is 11.3 Å². The number of nitrogens with one attached hydrogen (secondary N) is 1. The lowest BCUT2D eigenvalue weighted by Gasteiger charge is -2.01. The van der Waals surface area contributed by atoms with Gasteiger partial charge in [-0.2, -0.15) is 14.9 Å². The smallest absolute Gasteiger partial charge is 0.216 e. The molecule has 1 aromatic carbocycles. The van der Waals surface area contributed by atoms with Gasteiger partial charge >= 0.3 is 0 Å². The first-order chi connectivity index (χ1) is 11.1. The summed E-state index contributed by atoms with van der Waals surface area (Å²) in [7, 11) is 0. The average Bonchev–Trinajstić information content (AvgIpc) is 3.14. The molecule has 0 unspecified atom stereocenters. The molecule has 0 aliphatic carbocycles. The molecule has 0 atom stereocenters. The topological polar surface area (TPSA) is 59.1 Å². The molecule has 0 aliphatic heterocycles. The minimum atomic E-state index is 0.433. The second-order valence-corrected chi connectivity index (χ2v) is 5.91. The SMILES string of the molecule is CCc1n[nH]c(=S)n1/N=C/c1ccc(-c2cc(Cl)ccc2Cl)o1. The van der Waals surface area contributed by atoms with Gasteiger partial charge < -0.3 is 4.42 Å². The maximum atomic E-state index is 6.18. The lowest BCUT2D eigenvalue weighted by molar-refractivity contribution is 0.574. The van der Waals surface area contributed by atoms with Crippen LogP contribution in [0.25, 0.3) is 11.3 Å². The number of hydrogen-bond donors (Lipinski definition) is 1. The van der Waals surface area contributed by atoms with E-state index in [4.69, 9.17) is 39.8 Å². The van der Waals surface area contributed by atoms with E-state index in [1.165, 1.54) is 0 Å². The maximum Gasteiger partial charge on any atom is 0.216 e. The highest BCUT2D eigenvalue weighted by Gasteiger charge is 2.09. The number of hydrogen-bond acceptors (Lipinski definition) is 4. The van der Waals surface area contributed by atoms with Gasteiger partial charge in [0.25, 0.3) is 0 Å². The fraction of sp³-hybridized carbons (Fsp3) is 0.133. The van der Waals surface area contributed by atoms with Crippen LogP contribution in [0.4, 0.5) is 0 Å². The minimum absolute atomic E-state index is 0.433. The van der Waals surface area contributed by atoms with Crippen LogP contribution in [-0.4, -0.2) is 21.1 Å². The van der Waals surface area contributed by atoms with Gasteiger partial charge in [-0.25, -0.2) is 0 Å². The van der Waals surface area contributed by atoms with Crippen LogP contribution in [0.2, 0.25) is 10.0 Å². The highest BCUT2D eigenvalue weighted by atomic mass is 35.5. The summed E-state index contributed by atoms with van der Waals surface area (Å²) >= 11 is 17.3. The fourth-order valence-corrected chi connectivity index (χ4v) is 2.62. The van der Waals surface area contributed by atoms with Gasteiger partial charge in [-0.1, -0.05) is 30.1 Å². The third-order valence-corrected chi connectivity index (χ3v) is 3.98. The number of halogens is 2. The van der Waals surface area contributed by atoms with Gasteiger partial charge in [0.05, 0.1) is 11.2 Å². The van der Waals surface area contributed by atoms with Gasteiger partial charge in [0.15, 0.2) is 5.82 Å². The zero-order valence-corrected chi connectivity index (χ0v) is 14.4. The lowest BCUT2D eigenvalue weighted by atomic mass is 10.2. The molecule has 0 saturated heterocycles. The van der Waals surface area contributed by atoms with Crippen molar-refractivity contribution in [2.45, 2.75) is 13.3 Å². The third kappa shape index (κ3) is 3.39. The Morgan fingerprint density at radius 2 is 2.17 bits per heavy atom. The summed E-state index contributed by atoms with van der Waals surface area (Å²) in [5.41, 5.74) is 0.730. The van der Waals surface area contributed by atoms with E-state index < -0.39 is 0 Å². The zero-order chi connectivity index (χ0) is 16.4. The van der Waals surface area contributed by atoms with Gasteiger partial charge in [-0.05, 0) is 42.5 Å². The predicted molar refractivity (Wildman–Crippen MR) is 93.9 cm³/mol. The number of aromatic nitrogens is 3. The van der Waals surface area contributed by atoms with Crippen LogP contribution < -0.4 is 0 Å². The zero-order valence-electron chi connectivity index (χ0n) is 12.1. The summed E-state index contributed by atoms with van der Waals surface area (Å²) in [4.78, 5) is 0. The summed E-state index contributed by atoms with van der Waals surface area (Å²) < 4.78 is 7.74. The molecule has 23 heavy (non-hydrogen) atoms. The van der Waals surface area contributed by atoms with Crippen LogP contribution in [0, 0.1) is 4.77 Å². The number of H-pyrrole nitrogens is 1. The molecule has 0 spiro atoms. The van der Waals surface area contributed by atoms with Gasteiger partial charge in [0.1, 0.15) is 11.5 Å². The van der Waals surface area contributed by atoms with Gasteiger partial charge in [-0.3, -0.25) is 5.10 Å². The molecule has 5 nitrogen and oxygen atoms in total. The fourth-order valence-electron chi connectivity index (χ4n) is 2.04. The Balaban J connectivity index is 1.90. The second-order valence-electron chi connectivity index (χ2n) is 4.68. The summed E-state index contributed by atoms with van der Waals surface area (Å²) in [5, 5.41) is 12.3. The van der Waals surface area contributed by atoms with Crippen LogP contribution in [0.5, 0.6) is 0 Å². The van der Waals surface area contributed by atoms with E-state index in [1.54, 1.807) is 35.2 Å². The lowest BCUT2D eigenvalue weighted by Crippen LogP contribution is -1.96. The number of aryl methyl sites for hydroxylation is 1. The van der Waals surface area contributed by atoms with Crippen molar-refractivity contribution in [3.63, 3.8) is 0 Å². The van der Waals surface area contributed by atoms with E-state index >= 15 is 0 Å². The van der Waals surface area contributed by atoms with E-state index in [-0.39, 0.29) is 0 Å². The molecular weight excluding hydrogens is 355 g/mol. The molecule has 0 radical (unpaired) electrons. The molecule has 0 aliphatic rings. The monoisotopic (exact) mass is 366 g/mol. The molecule has 0 bridgehead atoms. The Bertz CT molecular complexity index is 926. The minimum Gasteiger partial charge on any atom is -0.455 e. The Kier molecular flexibility index (Phi) is 4.66. The standard InChI is InChI=1S/C15H12Cl2N4OS/c1-2-14-19-20-15(23)21(14)18-8-10-4-6-13(22-10)11-7-9(16)3-5-12(11)17/h3-8H,2H2,1H3,(H,20,23)/b18-8+. The summed E-state index contributed by atoms with van der Waals surface area (Å²) in [6, 6.07) is 8.82. The quantitative estimate of drug-likeness (QED) is 0.524. The Hall–Kier alpha value is -1.89. The second kappa shape index (κ2) is 6.70. The van der Waals surface area contributed by atoms with Gasteiger partial charge in [0.2, 0.25) is 4.77 Å². The predicted octanol–water partition coefficient (Wildman–Crippen LogP) is 4.95. The van der Waals surface area contributed by atoms with Gasteiger partial charge in [-0.15, -0.1) is 0 Å². The van der Waals surface area contributed by atoms with E-state index in [0.29, 0.717) is 32.8 Å². The number of aromatic amines is 1. The molecule has 0 saturated carbocycles. The molecule has 3 aromatic rings. The first kappa shape index (κ1) is 16.0. The molecule has 2 heterocycles. The number of benzene rings is 1. The normalized spacial score (nSPS) is 11.4. The number of furan rings is 1. The van der Waals surface area contributed by atoms with Crippen molar-refractivity contribution in [1.82, 2.24) is 14.9 Å². The van der Waals surface area contributed by atoms with Crippen LogP contribution in [0.1, 0.15) is 18.5 Å². The van der Waals surface area contributed by atoms with Crippen LogP contribution in [0.3, 0.4) is 0 Å².